The van der Waals surface area contributed by atoms with E-state index in [4.69, 9.17) is 42.1 Å². The normalized spacial score (nSPS) is 13.7. The average Bonchev–Trinajstić information content (AvgIpc) is 3.19. The summed E-state index contributed by atoms with van der Waals surface area (Å²) in [5, 5.41) is 3.77. The van der Waals surface area contributed by atoms with Gasteiger partial charge in [0.15, 0.2) is 11.5 Å². The summed E-state index contributed by atoms with van der Waals surface area (Å²) in [6.07, 6.45) is 4.84. The topological polar surface area (TPSA) is 124 Å². The maximum absolute atomic E-state index is 15.1. The highest BCUT2D eigenvalue weighted by Crippen LogP contribution is 2.38. The fourth-order valence-corrected chi connectivity index (χ4v) is 8.51. The minimum atomic E-state index is -4.55. The lowest BCUT2D eigenvalue weighted by Crippen LogP contribution is -2.55. The molecule has 0 bridgehead atoms. The van der Waals surface area contributed by atoms with Crippen molar-refractivity contribution in [3.05, 3.63) is 106 Å². The van der Waals surface area contributed by atoms with Gasteiger partial charge in [0.2, 0.25) is 11.8 Å². The van der Waals surface area contributed by atoms with Gasteiger partial charge >= 0.3 is 0 Å². The third kappa shape index (κ3) is 9.52. The molecule has 4 aromatic carbocycles. The molecule has 1 unspecified atom stereocenters. The molecule has 2 amide bonds. The van der Waals surface area contributed by atoms with Crippen molar-refractivity contribution in [1.29, 1.82) is 0 Å². The standard InChI is InChI=1S/C40H45Cl2N3O8S/c1-50-29-18-20-36(51-2)34(23-29)45(54(48,49)30-19-21-37(52-3)38(24-30)53-4)26-39(46)44(25-31-32(41)16-11-17-33(31)42)35(22-27-12-7-5-8-13-27)40(47)43-28-14-9-6-10-15-28/h5,7-8,11-13,16-21,23-24,28,35H,6,9-10,14-15,22,25-26H2,1-4H3,(H,43,47). The molecule has 0 aliphatic heterocycles. The number of rotatable bonds is 16. The predicted octanol–water partition coefficient (Wildman–Crippen LogP) is 7.31. The van der Waals surface area contributed by atoms with Crippen LogP contribution in [-0.2, 0) is 32.6 Å². The number of nitrogens with zero attached hydrogens (tertiary/aromatic N) is 2. The first-order chi connectivity index (χ1) is 26.0. The molecule has 0 saturated heterocycles. The molecule has 288 valence electrons. The van der Waals surface area contributed by atoms with Crippen LogP contribution in [0.1, 0.15) is 43.2 Å². The van der Waals surface area contributed by atoms with Gasteiger partial charge in [-0.05, 0) is 54.8 Å². The molecule has 54 heavy (non-hydrogen) atoms. The monoisotopic (exact) mass is 797 g/mol. The molecule has 1 atom stereocenters. The van der Waals surface area contributed by atoms with Crippen molar-refractivity contribution < 1.29 is 37.0 Å². The maximum atomic E-state index is 15.1. The summed E-state index contributed by atoms with van der Waals surface area (Å²) in [7, 11) is 1.12. The van der Waals surface area contributed by atoms with Crippen molar-refractivity contribution in [3.63, 3.8) is 0 Å². The zero-order valence-corrected chi connectivity index (χ0v) is 33.0. The number of amides is 2. The van der Waals surface area contributed by atoms with E-state index in [-0.39, 0.29) is 57.0 Å². The summed E-state index contributed by atoms with van der Waals surface area (Å²) in [6.45, 7) is -0.934. The highest BCUT2D eigenvalue weighted by Gasteiger charge is 2.37. The van der Waals surface area contributed by atoms with E-state index < -0.39 is 28.5 Å². The van der Waals surface area contributed by atoms with Crippen LogP contribution in [0.3, 0.4) is 0 Å². The third-order valence-corrected chi connectivity index (χ3v) is 12.0. The molecule has 1 fully saturated rings. The first-order valence-electron chi connectivity index (χ1n) is 17.5. The summed E-state index contributed by atoms with van der Waals surface area (Å²) >= 11 is 13.4. The Balaban J connectivity index is 1.66. The summed E-state index contributed by atoms with van der Waals surface area (Å²) < 4.78 is 52.4. The minimum absolute atomic E-state index is 0.0296. The molecule has 0 radical (unpaired) electrons. The molecular weight excluding hydrogens is 753 g/mol. The third-order valence-electron chi connectivity index (χ3n) is 9.49. The molecule has 4 aromatic rings. The Kier molecular flexibility index (Phi) is 14.0. The number of hydrogen-bond acceptors (Lipinski definition) is 8. The van der Waals surface area contributed by atoms with E-state index >= 15 is 4.79 Å². The average molecular weight is 799 g/mol. The highest BCUT2D eigenvalue weighted by molar-refractivity contribution is 7.92. The molecule has 11 nitrogen and oxygen atoms in total. The number of sulfonamides is 1. The van der Waals surface area contributed by atoms with E-state index in [1.165, 1.54) is 57.6 Å². The van der Waals surface area contributed by atoms with Gasteiger partial charge in [-0.15, -0.1) is 0 Å². The zero-order valence-electron chi connectivity index (χ0n) is 30.7. The van der Waals surface area contributed by atoms with Crippen LogP contribution in [0.25, 0.3) is 0 Å². The Bertz CT molecular complexity index is 2010. The van der Waals surface area contributed by atoms with Crippen molar-refractivity contribution in [1.82, 2.24) is 10.2 Å². The van der Waals surface area contributed by atoms with E-state index in [2.05, 4.69) is 5.32 Å². The van der Waals surface area contributed by atoms with Crippen molar-refractivity contribution >= 4 is 50.7 Å². The van der Waals surface area contributed by atoms with Crippen molar-refractivity contribution in [2.24, 2.45) is 0 Å². The maximum Gasteiger partial charge on any atom is 0.265 e. The van der Waals surface area contributed by atoms with Gasteiger partial charge in [0, 0.05) is 46.7 Å². The lowest BCUT2D eigenvalue weighted by Gasteiger charge is -2.35. The number of carbonyl (C=O) groups excluding carboxylic acids is 2. The van der Waals surface area contributed by atoms with Crippen LogP contribution in [0.2, 0.25) is 10.0 Å². The molecular formula is C40H45Cl2N3O8S. The van der Waals surface area contributed by atoms with Crippen LogP contribution < -0.4 is 28.6 Å². The smallest absolute Gasteiger partial charge is 0.265 e. The second-order valence-electron chi connectivity index (χ2n) is 12.8. The Morgan fingerprint density at radius 1 is 0.778 bits per heavy atom. The van der Waals surface area contributed by atoms with Crippen LogP contribution in [0.15, 0.2) is 89.8 Å². The Morgan fingerprint density at radius 2 is 1.43 bits per heavy atom. The van der Waals surface area contributed by atoms with Gasteiger partial charge in [0.05, 0.1) is 39.0 Å². The second kappa shape index (κ2) is 18.6. The lowest BCUT2D eigenvalue weighted by atomic mass is 9.94. The first kappa shape index (κ1) is 40.5. The number of anilines is 1. The van der Waals surface area contributed by atoms with Crippen molar-refractivity contribution in [2.45, 2.75) is 62.0 Å². The van der Waals surface area contributed by atoms with Crippen LogP contribution in [0.4, 0.5) is 5.69 Å². The second-order valence-corrected chi connectivity index (χ2v) is 15.5. The van der Waals surface area contributed by atoms with Gasteiger partial charge < -0.3 is 29.2 Å². The molecule has 0 spiro atoms. The molecule has 14 heteroatoms. The van der Waals surface area contributed by atoms with Gasteiger partial charge in [0.1, 0.15) is 24.1 Å². The number of nitrogens with one attached hydrogen (secondary N) is 1. The lowest BCUT2D eigenvalue weighted by molar-refractivity contribution is -0.140. The molecule has 5 rings (SSSR count). The SMILES string of the molecule is COc1ccc(OC)c(N(CC(=O)N(Cc2c(Cl)cccc2Cl)C(Cc2ccccc2)C(=O)NC2CCCCC2)S(=O)(=O)c2ccc(OC)c(OC)c2)c1. The van der Waals surface area contributed by atoms with Crippen molar-refractivity contribution in [3.8, 4) is 23.0 Å². The van der Waals surface area contributed by atoms with E-state index in [0.29, 0.717) is 17.1 Å². The molecule has 1 N–H and O–H groups in total. The summed E-state index contributed by atoms with van der Waals surface area (Å²) in [4.78, 5) is 30.7. The summed E-state index contributed by atoms with van der Waals surface area (Å²) in [6, 6.07) is 21.9. The predicted molar refractivity (Wildman–Crippen MR) is 210 cm³/mol. The van der Waals surface area contributed by atoms with Crippen LogP contribution in [-0.4, -0.2) is 72.2 Å². The molecule has 1 aliphatic rings. The molecule has 0 aromatic heterocycles. The number of ether oxygens (including phenoxy) is 4. The van der Waals surface area contributed by atoms with Gasteiger partial charge in [-0.2, -0.15) is 0 Å². The number of carbonyl (C=O) groups is 2. The van der Waals surface area contributed by atoms with Gasteiger partial charge in [-0.3, -0.25) is 13.9 Å². The first-order valence-corrected chi connectivity index (χ1v) is 19.7. The quantitative estimate of drug-likeness (QED) is 0.125. The van der Waals surface area contributed by atoms with Gasteiger partial charge in [-0.1, -0.05) is 78.9 Å². The van der Waals surface area contributed by atoms with Gasteiger partial charge in [0.25, 0.3) is 10.0 Å². The van der Waals surface area contributed by atoms with E-state index in [9.17, 15) is 13.2 Å². The van der Waals surface area contributed by atoms with E-state index in [0.717, 1.165) is 42.0 Å². The number of methoxy groups -OCH3 is 4. The molecule has 0 heterocycles. The Hall–Kier alpha value is -4.65. The van der Waals surface area contributed by atoms with E-state index in [1.54, 1.807) is 30.3 Å². The van der Waals surface area contributed by atoms with Crippen LogP contribution >= 0.6 is 23.2 Å². The number of hydrogen-bond donors (Lipinski definition) is 1. The summed E-state index contributed by atoms with van der Waals surface area (Å²) in [5.74, 6) is -0.105. The molecule has 1 aliphatic carbocycles. The molecule has 1 saturated carbocycles. The largest absolute Gasteiger partial charge is 0.497 e. The fraction of sp³-hybridized carbons (Fsp3) is 0.350. The number of benzene rings is 4. The van der Waals surface area contributed by atoms with Crippen LogP contribution in [0.5, 0.6) is 23.0 Å². The minimum Gasteiger partial charge on any atom is -0.497 e. The van der Waals surface area contributed by atoms with Crippen LogP contribution in [0, 0.1) is 0 Å². The Morgan fingerprint density at radius 3 is 2.06 bits per heavy atom. The van der Waals surface area contributed by atoms with Gasteiger partial charge in [-0.25, -0.2) is 8.42 Å². The fourth-order valence-electron chi connectivity index (χ4n) is 6.56. The zero-order chi connectivity index (χ0) is 38.8. The highest BCUT2D eigenvalue weighted by atomic mass is 35.5. The summed E-state index contributed by atoms with van der Waals surface area (Å²) in [5.41, 5.74) is 1.24. The Labute approximate surface area is 327 Å². The van der Waals surface area contributed by atoms with Crippen molar-refractivity contribution in [2.75, 3.05) is 39.3 Å². The van der Waals surface area contributed by atoms with E-state index in [1.807, 2.05) is 30.3 Å². The number of halogens is 2.